The molecular weight excluding hydrogens is 489 g/mol. The van der Waals surface area contributed by atoms with Crippen LogP contribution in [0.3, 0.4) is 0 Å². The predicted molar refractivity (Wildman–Crippen MR) is 130 cm³/mol. The number of carbonyl (C=O) groups is 1. The first-order chi connectivity index (χ1) is 17.5. The van der Waals surface area contributed by atoms with Crippen molar-refractivity contribution >= 4 is 11.7 Å². The monoisotopic (exact) mass is 511 g/mol. The number of aromatic nitrogens is 1. The lowest BCUT2D eigenvalue weighted by Gasteiger charge is -2.36. The first-order valence-electron chi connectivity index (χ1n) is 11.3. The summed E-state index contributed by atoms with van der Waals surface area (Å²) in [6, 6.07) is 20.2. The number of nitrogens with one attached hydrogen (secondary N) is 2. The molecule has 2 amide bonds. The minimum absolute atomic E-state index is 0.0382. The van der Waals surface area contributed by atoms with Crippen molar-refractivity contribution in [3.05, 3.63) is 131 Å². The Hall–Kier alpha value is -4.27. The van der Waals surface area contributed by atoms with E-state index < -0.39 is 34.9 Å². The van der Waals surface area contributed by atoms with E-state index in [1.807, 2.05) is 0 Å². The van der Waals surface area contributed by atoms with E-state index in [0.29, 0.717) is 17.3 Å². The number of nitrogens with zero attached hydrogens (tertiary/aromatic N) is 1. The van der Waals surface area contributed by atoms with Gasteiger partial charge in [0.1, 0.15) is 17.2 Å². The summed E-state index contributed by atoms with van der Waals surface area (Å²) in [7, 11) is 0. The first kappa shape index (κ1) is 25.8. The smallest absolute Gasteiger partial charge is 0.322 e. The molecule has 0 aliphatic heterocycles. The molecule has 2 N–H and O–H groups in total. The van der Waals surface area contributed by atoms with Gasteiger partial charge in [0.2, 0.25) is 0 Å². The number of aryl methyl sites for hydroxylation is 1. The zero-order valence-electron chi connectivity index (χ0n) is 19.6. The van der Waals surface area contributed by atoms with Crippen LogP contribution in [0.4, 0.5) is 32.4 Å². The Balaban J connectivity index is 1.88. The molecule has 4 nitrogen and oxygen atoms in total. The summed E-state index contributed by atoms with van der Waals surface area (Å²) in [4.78, 5) is 17.8. The summed E-state index contributed by atoms with van der Waals surface area (Å²) in [6.45, 7) is 1.72. The maximum atomic E-state index is 13.7. The number of carbonyl (C=O) groups excluding carboxylic acids is 1. The van der Waals surface area contributed by atoms with Crippen LogP contribution >= 0.6 is 0 Å². The highest BCUT2D eigenvalue weighted by atomic mass is 19.4. The highest BCUT2D eigenvalue weighted by Gasteiger charge is 2.40. The SMILES string of the molecule is Cc1cccc(C(Cc2ccccc2)(NC(=O)Nc2cc(F)cc(F)c2)c2cccc(C(F)(F)F)c2)n1. The third-order valence-electron chi connectivity index (χ3n) is 5.77. The van der Waals surface area contributed by atoms with Crippen LogP contribution in [0.25, 0.3) is 0 Å². The summed E-state index contributed by atoms with van der Waals surface area (Å²) in [5.74, 6) is -1.80. The summed E-state index contributed by atoms with van der Waals surface area (Å²) < 4.78 is 68.5. The summed E-state index contributed by atoms with van der Waals surface area (Å²) in [6.07, 6.45) is -4.59. The van der Waals surface area contributed by atoms with Gasteiger partial charge in [0.25, 0.3) is 0 Å². The van der Waals surface area contributed by atoms with E-state index in [0.717, 1.165) is 24.3 Å². The van der Waals surface area contributed by atoms with Crippen molar-refractivity contribution in [3.8, 4) is 0 Å². The highest BCUT2D eigenvalue weighted by Crippen LogP contribution is 2.37. The minimum Gasteiger partial charge on any atom is -0.322 e. The normalized spacial score (nSPS) is 13.0. The molecule has 0 spiro atoms. The largest absolute Gasteiger partial charge is 0.416 e. The van der Waals surface area contributed by atoms with Crippen molar-refractivity contribution < 1.29 is 26.7 Å². The van der Waals surface area contributed by atoms with E-state index in [-0.39, 0.29) is 23.4 Å². The van der Waals surface area contributed by atoms with Crippen LogP contribution in [0.15, 0.2) is 91.0 Å². The topological polar surface area (TPSA) is 54.0 Å². The van der Waals surface area contributed by atoms with Crippen LogP contribution in [0.2, 0.25) is 0 Å². The lowest BCUT2D eigenvalue weighted by atomic mass is 9.80. The number of halogens is 5. The van der Waals surface area contributed by atoms with Gasteiger partial charge in [0.15, 0.2) is 0 Å². The van der Waals surface area contributed by atoms with Gasteiger partial charge < -0.3 is 10.6 Å². The molecule has 3 aromatic carbocycles. The van der Waals surface area contributed by atoms with E-state index >= 15 is 0 Å². The molecular formula is C28H22F5N3O. The molecule has 1 unspecified atom stereocenters. The van der Waals surface area contributed by atoms with Gasteiger partial charge >= 0.3 is 12.2 Å². The molecule has 0 aliphatic carbocycles. The predicted octanol–water partition coefficient (Wildman–Crippen LogP) is 7.00. The van der Waals surface area contributed by atoms with Crippen LogP contribution in [-0.2, 0) is 18.1 Å². The molecule has 0 radical (unpaired) electrons. The fourth-order valence-corrected chi connectivity index (χ4v) is 4.15. The molecule has 0 saturated carbocycles. The van der Waals surface area contributed by atoms with E-state index in [1.165, 1.54) is 12.1 Å². The van der Waals surface area contributed by atoms with Gasteiger partial charge in [-0.25, -0.2) is 13.6 Å². The van der Waals surface area contributed by atoms with E-state index in [9.17, 15) is 26.7 Å². The second-order valence-corrected chi connectivity index (χ2v) is 8.55. The first-order valence-corrected chi connectivity index (χ1v) is 11.3. The van der Waals surface area contributed by atoms with Crippen molar-refractivity contribution in [1.29, 1.82) is 0 Å². The molecule has 37 heavy (non-hydrogen) atoms. The third kappa shape index (κ3) is 6.11. The zero-order valence-corrected chi connectivity index (χ0v) is 19.6. The number of benzene rings is 3. The maximum Gasteiger partial charge on any atom is 0.416 e. The molecule has 1 heterocycles. The van der Waals surface area contributed by atoms with Crippen LogP contribution in [0.5, 0.6) is 0 Å². The van der Waals surface area contributed by atoms with Gasteiger partial charge in [-0.05, 0) is 54.4 Å². The van der Waals surface area contributed by atoms with Crippen molar-refractivity contribution in [2.75, 3.05) is 5.32 Å². The van der Waals surface area contributed by atoms with Gasteiger partial charge in [-0.1, -0.05) is 48.5 Å². The van der Waals surface area contributed by atoms with Crippen molar-refractivity contribution in [2.45, 2.75) is 25.1 Å². The van der Waals surface area contributed by atoms with Gasteiger partial charge in [-0.2, -0.15) is 13.2 Å². The molecule has 4 rings (SSSR count). The number of alkyl halides is 3. The number of rotatable bonds is 6. The Labute approximate surface area is 210 Å². The van der Waals surface area contributed by atoms with E-state index in [4.69, 9.17) is 0 Å². The average molecular weight is 511 g/mol. The summed E-state index contributed by atoms with van der Waals surface area (Å²) in [5.41, 5.74) is -0.933. The van der Waals surface area contributed by atoms with Gasteiger partial charge in [-0.15, -0.1) is 0 Å². The molecule has 1 aromatic heterocycles. The molecule has 0 fully saturated rings. The zero-order chi connectivity index (χ0) is 26.6. The Kier molecular flexibility index (Phi) is 7.24. The molecule has 0 aliphatic rings. The second kappa shape index (κ2) is 10.4. The number of pyridine rings is 1. The van der Waals surface area contributed by atoms with Gasteiger partial charge in [-0.3, -0.25) is 4.98 Å². The third-order valence-corrected chi connectivity index (χ3v) is 5.77. The highest BCUT2D eigenvalue weighted by molar-refractivity contribution is 5.90. The van der Waals surface area contributed by atoms with E-state index in [1.54, 1.807) is 55.5 Å². The van der Waals surface area contributed by atoms with Crippen molar-refractivity contribution in [1.82, 2.24) is 10.3 Å². The number of hydrogen-bond acceptors (Lipinski definition) is 2. The van der Waals surface area contributed by atoms with E-state index in [2.05, 4.69) is 15.6 Å². The molecule has 9 heteroatoms. The van der Waals surface area contributed by atoms with Crippen LogP contribution in [0, 0.1) is 18.6 Å². The molecule has 0 saturated heterocycles. The number of amides is 2. The second-order valence-electron chi connectivity index (χ2n) is 8.55. The molecule has 0 bridgehead atoms. The molecule has 190 valence electrons. The minimum atomic E-state index is -4.63. The Morgan fingerprint density at radius 2 is 1.46 bits per heavy atom. The van der Waals surface area contributed by atoms with Crippen LogP contribution in [-0.4, -0.2) is 11.0 Å². The van der Waals surface area contributed by atoms with Crippen LogP contribution < -0.4 is 10.6 Å². The lowest BCUT2D eigenvalue weighted by Crippen LogP contribution is -2.50. The fraction of sp³-hybridized carbons (Fsp3) is 0.143. The molecule has 4 aromatic rings. The van der Waals surface area contributed by atoms with Crippen molar-refractivity contribution in [2.24, 2.45) is 0 Å². The van der Waals surface area contributed by atoms with Crippen LogP contribution in [0.1, 0.15) is 28.1 Å². The molecule has 1 atom stereocenters. The number of urea groups is 1. The number of hydrogen-bond donors (Lipinski definition) is 2. The Bertz CT molecular complexity index is 1390. The summed E-state index contributed by atoms with van der Waals surface area (Å²) in [5, 5.41) is 5.16. The quantitative estimate of drug-likeness (QED) is 0.274. The van der Waals surface area contributed by atoms with Gasteiger partial charge in [0.05, 0.1) is 11.3 Å². The average Bonchev–Trinajstić information content (AvgIpc) is 2.83. The van der Waals surface area contributed by atoms with Crippen molar-refractivity contribution in [3.63, 3.8) is 0 Å². The summed E-state index contributed by atoms with van der Waals surface area (Å²) >= 11 is 0. The number of anilines is 1. The standard InChI is InChI=1S/C28H22F5N3O/c1-18-7-5-12-25(34-18)27(17-19-8-3-2-4-9-19,20-10-6-11-21(13-20)28(31,32)33)36-26(37)35-24-15-22(29)14-23(30)16-24/h2-16H,17H2,1H3,(H2,35,36,37). The Morgan fingerprint density at radius 3 is 2.11 bits per heavy atom. The van der Waals surface area contributed by atoms with Gasteiger partial charge in [0, 0.05) is 23.9 Å². The fourth-order valence-electron chi connectivity index (χ4n) is 4.15. The Morgan fingerprint density at radius 1 is 0.811 bits per heavy atom. The maximum absolute atomic E-state index is 13.7. The lowest BCUT2D eigenvalue weighted by molar-refractivity contribution is -0.137.